The number of carbonyl (C=O) groups excluding carboxylic acids is 1. The maximum atomic E-state index is 11.6. The van der Waals surface area contributed by atoms with E-state index in [2.05, 4.69) is 62.1 Å². The van der Waals surface area contributed by atoms with Gasteiger partial charge in [-0.3, -0.25) is 0 Å². The van der Waals surface area contributed by atoms with Gasteiger partial charge in [-0.05, 0) is 28.3 Å². The van der Waals surface area contributed by atoms with Crippen molar-refractivity contribution < 1.29 is 9.53 Å². The van der Waals surface area contributed by atoms with Crippen molar-refractivity contribution in [2.24, 2.45) is 0 Å². The van der Waals surface area contributed by atoms with E-state index in [1.807, 2.05) is 28.8 Å². The lowest BCUT2D eigenvalue weighted by Gasteiger charge is -2.13. The van der Waals surface area contributed by atoms with Crippen LogP contribution in [0, 0.1) is 0 Å². The van der Waals surface area contributed by atoms with Crippen LogP contribution in [0.15, 0.2) is 48.5 Å². The molecule has 2 aromatic carbocycles. The van der Waals surface area contributed by atoms with Gasteiger partial charge in [0, 0.05) is 25.6 Å². The van der Waals surface area contributed by atoms with E-state index in [-0.39, 0.29) is 6.61 Å². The highest BCUT2D eigenvalue weighted by molar-refractivity contribution is 6.30. The Hall–Kier alpha value is -3.72. The summed E-state index contributed by atoms with van der Waals surface area (Å²) in [6, 6.07) is 16.2. The molecule has 2 aromatic heterocycles. The molecule has 34 heavy (non-hydrogen) atoms. The van der Waals surface area contributed by atoms with Crippen LogP contribution < -0.4 is 5.32 Å². The third-order valence-corrected chi connectivity index (χ3v) is 5.82. The van der Waals surface area contributed by atoms with E-state index in [0.717, 1.165) is 47.3 Å². The Kier molecular flexibility index (Phi) is 7.54. The first-order chi connectivity index (χ1) is 16.6. The summed E-state index contributed by atoms with van der Waals surface area (Å²) in [6.07, 6.45) is 2.33. The van der Waals surface area contributed by atoms with E-state index in [4.69, 9.17) is 16.3 Å². The second-order valence-electron chi connectivity index (χ2n) is 7.76. The van der Waals surface area contributed by atoms with Crippen LogP contribution >= 0.6 is 11.6 Å². The quantitative estimate of drug-likeness (QED) is 0.362. The highest BCUT2D eigenvalue weighted by atomic mass is 35.5. The van der Waals surface area contributed by atoms with Gasteiger partial charge in [-0.25, -0.2) is 9.78 Å². The number of nitrogens with zero attached hydrogens (tertiary/aromatic N) is 5. The molecule has 0 aliphatic heterocycles. The monoisotopic (exact) mass is 479 g/mol. The Labute approximate surface area is 202 Å². The number of alkyl carbamates (subject to hydrolysis) is 1. The molecule has 0 saturated heterocycles. The van der Waals surface area contributed by atoms with Crippen molar-refractivity contribution in [2.75, 3.05) is 7.05 Å². The van der Waals surface area contributed by atoms with E-state index in [1.54, 1.807) is 0 Å². The fourth-order valence-electron chi connectivity index (χ4n) is 3.74. The summed E-state index contributed by atoms with van der Waals surface area (Å²) in [5.41, 5.74) is 4.73. The number of carbonyl (C=O) groups is 1. The molecule has 10 heteroatoms. The van der Waals surface area contributed by atoms with Crippen molar-refractivity contribution in [3.63, 3.8) is 0 Å². The number of aromatic amines is 1. The van der Waals surface area contributed by atoms with Gasteiger partial charge in [0.1, 0.15) is 12.4 Å². The van der Waals surface area contributed by atoms with E-state index >= 15 is 0 Å². The maximum absolute atomic E-state index is 11.6. The van der Waals surface area contributed by atoms with Crippen LogP contribution in [0.1, 0.15) is 36.8 Å². The normalized spacial score (nSPS) is 10.9. The summed E-state index contributed by atoms with van der Waals surface area (Å²) in [6.45, 7) is 2.75. The highest BCUT2D eigenvalue weighted by Gasteiger charge is 2.18. The lowest BCUT2D eigenvalue weighted by Crippen LogP contribution is -2.20. The van der Waals surface area contributed by atoms with E-state index < -0.39 is 6.09 Å². The van der Waals surface area contributed by atoms with Crippen molar-refractivity contribution >= 4 is 17.7 Å². The molecule has 9 nitrogen and oxygen atoms in total. The zero-order chi connectivity index (χ0) is 23.9. The molecular weight excluding hydrogens is 454 g/mol. The minimum Gasteiger partial charge on any atom is -0.443 e. The minimum absolute atomic E-state index is 0.0494. The predicted octanol–water partition coefficient (Wildman–Crippen LogP) is 4.63. The number of unbranched alkanes of at least 4 members (excludes halogenated alkanes) is 1. The predicted molar refractivity (Wildman–Crippen MR) is 129 cm³/mol. The van der Waals surface area contributed by atoms with Crippen LogP contribution in [-0.2, 0) is 24.3 Å². The zero-order valence-corrected chi connectivity index (χ0v) is 19.8. The molecule has 2 heterocycles. The summed E-state index contributed by atoms with van der Waals surface area (Å²) >= 11 is 6.43. The SMILES string of the molecule is CCCCc1nc(Cl)c(COC(=O)NC)n1Cc1ccc(-c2ccccc2-c2nn[nH]n2)cc1. The summed E-state index contributed by atoms with van der Waals surface area (Å²) in [5.74, 6) is 1.43. The fraction of sp³-hybridized carbons (Fsp3) is 0.292. The zero-order valence-electron chi connectivity index (χ0n) is 19.1. The van der Waals surface area contributed by atoms with Crippen molar-refractivity contribution in [2.45, 2.75) is 39.3 Å². The molecule has 0 atom stereocenters. The maximum Gasteiger partial charge on any atom is 0.407 e. The molecule has 176 valence electrons. The van der Waals surface area contributed by atoms with Crippen LogP contribution in [0.3, 0.4) is 0 Å². The number of tetrazole rings is 1. The first-order valence-corrected chi connectivity index (χ1v) is 11.5. The number of aryl methyl sites for hydroxylation is 1. The molecule has 4 aromatic rings. The number of halogens is 1. The molecular formula is C24H26ClN7O2. The third-order valence-electron chi connectivity index (χ3n) is 5.52. The number of nitrogens with one attached hydrogen (secondary N) is 2. The van der Waals surface area contributed by atoms with Crippen LogP contribution in [0.5, 0.6) is 0 Å². The number of aromatic nitrogens is 6. The van der Waals surface area contributed by atoms with E-state index in [1.165, 1.54) is 7.05 Å². The molecule has 2 N–H and O–H groups in total. The average molecular weight is 480 g/mol. The second kappa shape index (κ2) is 10.9. The molecule has 0 aliphatic carbocycles. The van der Waals surface area contributed by atoms with Crippen molar-refractivity contribution in [3.8, 4) is 22.5 Å². The average Bonchev–Trinajstić information content (AvgIpc) is 3.50. The highest BCUT2D eigenvalue weighted by Crippen LogP contribution is 2.30. The Morgan fingerprint density at radius 2 is 1.91 bits per heavy atom. The first-order valence-electron chi connectivity index (χ1n) is 11.1. The standard InChI is InChI=1S/C24H26ClN7O2/c1-3-4-9-21-27-22(25)20(15-34-24(33)26-2)32(21)14-16-10-12-17(13-11-16)18-7-5-6-8-19(18)23-28-30-31-29-23/h5-8,10-13H,3-4,9,14-15H2,1-2H3,(H,26,33)(H,28,29,30,31). The molecule has 1 amide bonds. The molecule has 0 spiro atoms. The van der Waals surface area contributed by atoms with Crippen molar-refractivity contribution in [3.05, 3.63) is 70.8 Å². The van der Waals surface area contributed by atoms with Crippen LogP contribution in [0.2, 0.25) is 5.15 Å². The number of H-pyrrole nitrogens is 1. The summed E-state index contributed by atoms with van der Waals surface area (Å²) in [4.78, 5) is 16.2. The van der Waals surface area contributed by atoms with Crippen LogP contribution in [-0.4, -0.2) is 43.3 Å². The van der Waals surface area contributed by atoms with Gasteiger partial charge in [-0.15, -0.1) is 10.2 Å². The minimum atomic E-state index is -0.511. The van der Waals surface area contributed by atoms with Gasteiger partial charge < -0.3 is 14.6 Å². The number of benzene rings is 2. The lowest BCUT2D eigenvalue weighted by atomic mass is 9.98. The molecule has 0 aliphatic rings. The van der Waals surface area contributed by atoms with Gasteiger partial charge in [-0.2, -0.15) is 5.21 Å². The fourth-order valence-corrected chi connectivity index (χ4v) is 3.99. The van der Waals surface area contributed by atoms with Crippen LogP contribution in [0.4, 0.5) is 4.79 Å². The molecule has 0 bridgehead atoms. The molecule has 0 unspecified atom stereocenters. The van der Waals surface area contributed by atoms with Gasteiger partial charge in [-0.1, -0.05) is 73.5 Å². The number of hydrogen-bond donors (Lipinski definition) is 2. The summed E-state index contributed by atoms with van der Waals surface area (Å²) in [5, 5.41) is 17.2. The Morgan fingerprint density at radius 3 is 2.59 bits per heavy atom. The first kappa shape index (κ1) is 23.4. The number of hydrogen-bond acceptors (Lipinski definition) is 6. The molecule has 4 rings (SSSR count). The summed E-state index contributed by atoms with van der Waals surface area (Å²) < 4.78 is 7.31. The Bertz CT molecular complexity index is 1240. The number of rotatable bonds is 9. The van der Waals surface area contributed by atoms with Gasteiger partial charge in [0.15, 0.2) is 5.15 Å². The molecule has 0 saturated carbocycles. The van der Waals surface area contributed by atoms with Gasteiger partial charge in [0.05, 0.1) is 5.69 Å². The number of ether oxygens (including phenoxy) is 1. The largest absolute Gasteiger partial charge is 0.443 e. The van der Waals surface area contributed by atoms with Crippen LogP contribution in [0.25, 0.3) is 22.5 Å². The molecule has 0 radical (unpaired) electrons. The lowest BCUT2D eigenvalue weighted by molar-refractivity contribution is 0.139. The smallest absolute Gasteiger partial charge is 0.407 e. The van der Waals surface area contributed by atoms with Crippen molar-refractivity contribution in [1.82, 2.24) is 35.5 Å². The van der Waals surface area contributed by atoms with E-state index in [0.29, 0.717) is 23.2 Å². The number of imidazole rings is 1. The number of amides is 1. The summed E-state index contributed by atoms with van der Waals surface area (Å²) in [7, 11) is 1.52. The second-order valence-corrected chi connectivity index (χ2v) is 8.12. The van der Waals surface area contributed by atoms with Gasteiger partial charge in [0.2, 0.25) is 5.82 Å². The topological polar surface area (TPSA) is 111 Å². The Balaban J connectivity index is 1.61. The Morgan fingerprint density at radius 1 is 1.15 bits per heavy atom. The van der Waals surface area contributed by atoms with Gasteiger partial charge in [0.25, 0.3) is 0 Å². The van der Waals surface area contributed by atoms with Gasteiger partial charge >= 0.3 is 6.09 Å². The van der Waals surface area contributed by atoms with Crippen molar-refractivity contribution in [1.29, 1.82) is 0 Å². The van der Waals surface area contributed by atoms with E-state index in [9.17, 15) is 4.79 Å². The molecule has 0 fully saturated rings. The third kappa shape index (κ3) is 5.26.